The van der Waals surface area contributed by atoms with E-state index in [0.717, 1.165) is 39.0 Å². The first-order chi connectivity index (χ1) is 32.9. The second-order valence-corrected chi connectivity index (χ2v) is 24.7. The molecular formula is C64H59BN2OS. The summed E-state index contributed by atoms with van der Waals surface area (Å²) in [5.74, 6) is 0. The molecule has 69 heavy (non-hydrogen) atoms. The lowest BCUT2D eigenvalue weighted by molar-refractivity contribution is 0.332. The topological polar surface area (TPSA) is 19.6 Å². The maximum atomic E-state index is 7.19. The Morgan fingerprint density at radius 1 is 0.522 bits per heavy atom. The zero-order valence-electron chi connectivity index (χ0n) is 41.6. The molecule has 0 bridgehead atoms. The van der Waals surface area contributed by atoms with Crippen LogP contribution >= 0.6 is 11.3 Å². The molecule has 1 aliphatic carbocycles. The highest BCUT2D eigenvalue weighted by atomic mass is 32.1. The summed E-state index contributed by atoms with van der Waals surface area (Å²) in [7, 11) is 0. The SMILES string of the molecule is CC(C)(C)c1ccc(N2c3ccc(C(C)(C)C)cc3B3c4c(cc5c(oc6ccccc65)c42)-c2cc4c(cc2N3c2ccc(-c3ccccc3)cc2)sc2cc3c(cc24)C(C)(C)CCC3(C)C)cc1. The Morgan fingerprint density at radius 3 is 1.83 bits per heavy atom. The van der Waals surface area contributed by atoms with E-state index < -0.39 is 0 Å². The summed E-state index contributed by atoms with van der Waals surface area (Å²) in [5, 5.41) is 4.98. The number of fused-ring (bicyclic) bond motifs is 12. The predicted octanol–water partition coefficient (Wildman–Crippen LogP) is 17.3. The Labute approximate surface area is 411 Å². The second kappa shape index (κ2) is 14.5. The van der Waals surface area contributed by atoms with Crippen LogP contribution in [0.3, 0.4) is 0 Å². The molecule has 2 aliphatic heterocycles. The van der Waals surface area contributed by atoms with Crippen LogP contribution in [0.5, 0.6) is 0 Å². The van der Waals surface area contributed by atoms with E-state index in [1.54, 1.807) is 0 Å². The summed E-state index contributed by atoms with van der Waals surface area (Å²) in [6, 6.07) is 58.0. The third kappa shape index (κ3) is 6.38. The summed E-state index contributed by atoms with van der Waals surface area (Å²) in [6.07, 6.45) is 2.39. The van der Waals surface area contributed by atoms with E-state index in [4.69, 9.17) is 4.42 Å². The lowest BCUT2D eigenvalue weighted by atomic mass is 9.43. The summed E-state index contributed by atoms with van der Waals surface area (Å²) in [5.41, 5.74) is 21.0. The van der Waals surface area contributed by atoms with E-state index in [-0.39, 0.29) is 28.5 Å². The van der Waals surface area contributed by atoms with Crippen LogP contribution in [0.15, 0.2) is 156 Å². The first-order valence-electron chi connectivity index (χ1n) is 25.0. The highest BCUT2D eigenvalue weighted by Gasteiger charge is 2.47. The molecule has 0 saturated carbocycles. The first-order valence-corrected chi connectivity index (χ1v) is 25.8. The van der Waals surface area contributed by atoms with Crippen LogP contribution in [-0.2, 0) is 21.7 Å². The summed E-state index contributed by atoms with van der Waals surface area (Å²) >= 11 is 1.96. The molecule has 0 radical (unpaired) electrons. The van der Waals surface area contributed by atoms with E-state index in [1.165, 1.54) is 99.8 Å². The van der Waals surface area contributed by atoms with Crippen molar-refractivity contribution < 1.29 is 4.42 Å². The molecule has 5 heteroatoms. The molecule has 0 unspecified atom stereocenters. The van der Waals surface area contributed by atoms with E-state index >= 15 is 0 Å². The van der Waals surface area contributed by atoms with Crippen LogP contribution in [0.2, 0.25) is 0 Å². The fourth-order valence-electron chi connectivity index (χ4n) is 12.1. The van der Waals surface area contributed by atoms with Crippen molar-refractivity contribution in [2.75, 3.05) is 9.71 Å². The zero-order valence-corrected chi connectivity index (χ0v) is 42.5. The van der Waals surface area contributed by atoms with Gasteiger partial charge in [0, 0.05) is 59.3 Å². The van der Waals surface area contributed by atoms with Gasteiger partial charge in [-0.05, 0) is 151 Å². The van der Waals surface area contributed by atoms with Crippen LogP contribution < -0.4 is 20.6 Å². The maximum Gasteiger partial charge on any atom is 0.333 e. The largest absolute Gasteiger partial charge is 0.454 e. The van der Waals surface area contributed by atoms with Gasteiger partial charge in [-0.15, -0.1) is 11.3 Å². The van der Waals surface area contributed by atoms with Crippen LogP contribution in [0.1, 0.15) is 104 Å². The van der Waals surface area contributed by atoms with Gasteiger partial charge in [0.15, 0.2) is 5.58 Å². The summed E-state index contributed by atoms with van der Waals surface area (Å²) in [6.45, 7) is 23.5. The van der Waals surface area contributed by atoms with Gasteiger partial charge in [0.1, 0.15) is 5.58 Å². The van der Waals surface area contributed by atoms with Gasteiger partial charge in [0.05, 0.1) is 5.69 Å². The molecule has 0 spiro atoms. The molecule has 10 aromatic rings. The van der Waals surface area contributed by atoms with Gasteiger partial charge in [-0.2, -0.15) is 0 Å². The number of hydrogen-bond acceptors (Lipinski definition) is 4. The molecule has 0 saturated heterocycles. The van der Waals surface area contributed by atoms with Crippen molar-refractivity contribution in [3.8, 4) is 22.3 Å². The number of furan rings is 1. The molecule has 340 valence electrons. The Hall–Kier alpha value is -6.56. The molecule has 0 amide bonds. The molecule has 3 nitrogen and oxygen atoms in total. The van der Waals surface area contributed by atoms with E-state index in [1.807, 2.05) is 11.3 Å². The van der Waals surface area contributed by atoms with Crippen molar-refractivity contribution in [1.29, 1.82) is 0 Å². The summed E-state index contributed by atoms with van der Waals surface area (Å²) in [4.78, 5) is 5.21. The van der Waals surface area contributed by atoms with Crippen molar-refractivity contribution in [2.24, 2.45) is 0 Å². The van der Waals surface area contributed by atoms with Crippen molar-refractivity contribution in [3.05, 3.63) is 174 Å². The van der Waals surface area contributed by atoms with Gasteiger partial charge in [-0.3, -0.25) is 0 Å². The molecule has 3 aliphatic rings. The molecule has 0 N–H and O–H groups in total. The predicted molar refractivity (Wildman–Crippen MR) is 298 cm³/mol. The highest BCUT2D eigenvalue weighted by molar-refractivity contribution is 7.25. The highest BCUT2D eigenvalue weighted by Crippen LogP contribution is 2.54. The number of rotatable bonds is 3. The second-order valence-electron chi connectivity index (χ2n) is 23.6. The van der Waals surface area contributed by atoms with Crippen molar-refractivity contribution in [3.63, 3.8) is 0 Å². The lowest BCUT2D eigenvalue weighted by Crippen LogP contribution is -2.61. The molecule has 2 aromatic heterocycles. The van der Waals surface area contributed by atoms with Gasteiger partial charge in [-0.25, -0.2) is 0 Å². The quantitative estimate of drug-likeness (QED) is 0.165. The molecular weight excluding hydrogens is 856 g/mol. The maximum absolute atomic E-state index is 7.19. The van der Waals surface area contributed by atoms with E-state index in [0.29, 0.717) is 0 Å². The normalized spacial score (nSPS) is 16.0. The molecule has 0 fully saturated rings. The van der Waals surface area contributed by atoms with Crippen LogP contribution in [-0.4, -0.2) is 6.85 Å². The van der Waals surface area contributed by atoms with Gasteiger partial charge in [0.2, 0.25) is 0 Å². The zero-order chi connectivity index (χ0) is 47.5. The summed E-state index contributed by atoms with van der Waals surface area (Å²) < 4.78 is 9.88. The van der Waals surface area contributed by atoms with Crippen LogP contribution in [0, 0.1) is 0 Å². The van der Waals surface area contributed by atoms with Crippen molar-refractivity contribution in [2.45, 2.75) is 104 Å². The number of nitrogens with zero attached hydrogens (tertiary/aromatic N) is 2. The number of anilines is 5. The molecule has 4 heterocycles. The Bertz CT molecular complexity index is 3750. The van der Waals surface area contributed by atoms with Crippen LogP contribution in [0.25, 0.3) is 64.4 Å². The number of hydrogen-bond donors (Lipinski definition) is 0. The van der Waals surface area contributed by atoms with Gasteiger partial charge >= 0.3 is 6.85 Å². The van der Waals surface area contributed by atoms with Crippen molar-refractivity contribution >= 4 is 99.7 Å². The Balaban J connectivity index is 1.17. The molecule has 13 rings (SSSR count). The fraction of sp³-hybridized carbons (Fsp3) is 0.250. The van der Waals surface area contributed by atoms with E-state index in [2.05, 4.69) is 231 Å². The van der Waals surface area contributed by atoms with Crippen molar-refractivity contribution in [1.82, 2.24) is 0 Å². The third-order valence-electron chi connectivity index (χ3n) is 16.2. The number of thiophene rings is 1. The first kappa shape index (κ1) is 42.5. The fourth-order valence-corrected chi connectivity index (χ4v) is 13.2. The average molecular weight is 915 g/mol. The van der Waals surface area contributed by atoms with Gasteiger partial charge in [-0.1, -0.05) is 154 Å². The van der Waals surface area contributed by atoms with Gasteiger partial charge < -0.3 is 14.1 Å². The number of benzene rings is 8. The van der Waals surface area contributed by atoms with Gasteiger partial charge in [0.25, 0.3) is 0 Å². The average Bonchev–Trinajstić information content (AvgIpc) is 3.89. The number of para-hydroxylation sites is 1. The molecule has 8 aromatic carbocycles. The third-order valence-corrected chi connectivity index (χ3v) is 17.3. The van der Waals surface area contributed by atoms with E-state index in [9.17, 15) is 0 Å². The lowest BCUT2D eigenvalue weighted by Gasteiger charge is -2.46. The Morgan fingerprint density at radius 2 is 1.12 bits per heavy atom. The smallest absolute Gasteiger partial charge is 0.333 e. The standard InChI is InChI=1S/C64H59BN2OS/c1-61(2,3)40-22-27-42(28-23-40)66-53-29-24-41(62(4,5)6)32-52(53)65-58-48(34-49-44-18-14-15-19-55(44)68-60(49)59(58)66)45-33-46-47-35-50-51(64(9,10)31-30-63(50,7)8)36-56(47)69-57(46)37-54(45)67(65)43-25-20-39(21-26-43)38-16-12-11-13-17-38/h11-29,32-37H,30-31H2,1-10H3. The monoisotopic (exact) mass is 914 g/mol. The Kier molecular flexibility index (Phi) is 8.94. The minimum atomic E-state index is -0.161. The minimum absolute atomic E-state index is 0.0195. The molecule has 0 atom stereocenters. The van der Waals surface area contributed by atoms with Crippen LogP contribution in [0.4, 0.5) is 28.4 Å². The minimum Gasteiger partial charge on any atom is -0.454 e.